The number of nitrogens with two attached hydrogens (primary N) is 1. The summed E-state index contributed by atoms with van der Waals surface area (Å²) in [6.45, 7) is 0.0371. The van der Waals surface area contributed by atoms with Gasteiger partial charge in [0.05, 0.1) is 24.7 Å². The lowest BCUT2D eigenvalue weighted by Crippen LogP contribution is -2.10. The van der Waals surface area contributed by atoms with E-state index in [9.17, 15) is 18.0 Å². The van der Waals surface area contributed by atoms with Crippen molar-refractivity contribution in [2.45, 2.75) is 19.1 Å². The molecule has 0 saturated heterocycles. The molecule has 0 aliphatic rings. The summed E-state index contributed by atoms with van der Waals surface area (Å²) < 4.78 is 39.1. The quantitative estimate of drug-likeness (QED) is 0.906. The average Bonchev–Trinajstić information content (AvgIpc) is 2.70. The molecule has 0 amide bonds. The van der Waals surface area contributed by atoms with Crippen LogP contribution in [0.5, 0.6) is 0 Å². The molecule has 0 atom stereocenters. The number of carboxylic acids is 1. The molecule has 5 nitrogen and oxygen atoms in total. The Balaban J connectivity index is 2.23. The van der Waals surface area contributed by atoms with E-state index in [1.807, 2.05) is 0 Å². The van der Waals surface area contributed by atoms with Gasteiger partial charge in [0.15, 0.2) is 0 Å². The Morgan fingerprint density at radius 3 is 2.71 bits per heavy atom. The van der Waals surface area contributed by atoms with Crippen LogP contribution in [0, 0.1) is 0 Å². The van der Waals surface area contributed by atoms with Crippen LogP contribution >= 0.6 is 0 Å². The zero-order chi connectivity index (χ0) is 15.6. The second-order valence-electron chi connectivity index (χ2n) is 4.48. The fourth-order valence-corrected chi connectivity index (χ4v) is 1.88. The minimum Gasteiger partial charge on any atom is -0.481 e. The van der Waals surface area contributed by atoms with E-state index in [0.717, 1.165) is 12.1 Å². The second kappa shape index (κ2) is 5.47. The summed E-state index contributed by atoms with van der Waals surface area (Å²) in [5, 5.41) is 12.6. The molecule has 3 N–H and O–H groups in total. The summed E-state index contributed by atoms with van der Waals surface area (Å²) in [6.07, 6.45) is -3.40. The van der Waals surface area contributed by atoms with Crippen molar-refractivity contribution in [2.75, 3.05) is 5.73 Å². The maximum Gasteiger partial charge on any atom is 0.416 e. The van der Waals surface area contributed by atoms with Crippen molar-refractivity contribution in [3.05, 3.63) is 47.2 Å². The number of aliphatic carboxylic acids is 1. The lowest BCUT2D eigenvalue weighted by atomic mass is 10.1. The van der Waals surface area contributed by atoms with E-state index < -0.39 is 17.7 Å². The van der Waals surface area contributed by atoms with Crippen molar-refractivity contribution in [3.8, 4) is 0 Å². The van der Waals surface area contributed by atoms with Crippen LogP contribution in [0.1, 0.15) is 16.7 Å². The third-order valence-electron chi connectivity index (χ3n) is 2.89. The number of benzene rings is 1. The topological polar surface area (TPSA) is 81.1 Å². The fraction of sp³-hybridized carbons (Fsp3) is 0.231. The molecule has 0 unspecified atom stereocenters. The SMILES string of the molecule is Nc1c(CC(=O)O)cnn1Cc1cccc(C(F)(F)F)c1. The van der Waals surface area contributed by atoms with Crippen LogP contribution in [0.2, 0.25) is 0 Å². The Hall–Kier alpha value is -2.51. The molecule has 0 saturated carbocycles. The molecule has 0 radical (unpaired) electrons. The van der Waals surface area contributed by atoms with Crippen molar-refractivity contribution in [2.24, 2.45) is 0 Å². The minimum atomic E-state index is -4.42. The largest absolute Gasteiger partial charge is 0.481 e. The summed E-state index contributed by atoms with van der Waals surface area (Å²) in [6, 6.07) is 4.81. The van der Waals surface area contributed by atoms with Gasteiger partial charge >= 0.3 is 12.1 Å². The molecular formula is C13H12F3N3O2. The van der Waals surface area contributed by atoms with Crippen LogP contribution in [0.25, 0.3) is 0 Å². The third-order valence-corrected chi connectivity index (χ3v) is 2.89. The smallest absolute Gasteiger partial charge is 0.416 e. The standard InChI is InChI=1S/C13H12F3N3O2/c14-13(15,16)10-3-1-2-8(4-10)7-19-12(17)9(6-18-19)5-11(20)21/h1-4,6H,5,7,17H2,(H,20,21). The van der Waals surface area contributed by atoms with Crippen LogP contribution < -0.4 is 5.73 Å². The number of hydrogen-bond donors (Lipinski definition) is 2. The van der Waals surface area contributed by atoms with Crippen molar-refractivity contribution >= 4 is 11.8 Å². The number of alkyl halides is 3. The highest BCUT2D eigenvalue weighted by Gasteiger charge is 2.30. The van der Waals surface area contributed by atoms with Crippen molar-refractivity contribution < 1.29 is 23.1 Å². The number of carbonyl (C=O) groups is 1. The highest BCUT2D eigenvalue weighted by Crippen LogP contribution is 2.29. The van der Waals surface area contributed by atoms with Gasteiger partial charge in [0, 0.05) is 5.56 Å². The van der Waals surface area contributed by atoms with E-state index in [0.29, 0.717) is 11.1 Å². The van der Waals surface area contributed by atoms with Gasteiger partial charge < -0.3 is 10.8 Å². The lowest BCUT2D eigenvalue weighted by Gasteiger charge is -2.09. The second-order valence-corrected chi connectivity index (χ2v) is 4.48. The highest BCUT2D eigenvalue weighted by molar-refractivity contribution is 5.72. The molecule has 0 aliphatic carbocycles. The van der Waals surface area contributed by atoms with Gasteiger partial charge in [-0.05, 0) is 17.7 Å². The molecule has 1 aromatic carbocycles. The first-order valence-electron chi connectivity index (χ1n) is 5.95. The van der Waals surface area contributed by atoms with E-state index in [1.54, 1.807) is 0 Å². The van der Waals surface area contributed by atoms with Gasteiger partial charge in [0.2, 0.25) is 0 Å². The van der Waals surface area contributed by atoms with Gasteiger partial charge in [-0.2, -0.15) is 18.3 Å². The molecule has 0 aliphatic heterocycles. The number of nitrogen functional groups attached to an aromatic ring is 1. The molecule has 1 heterocycles. The zero-order valence-corrected chi connectivity index (χ0v) is 10.8. The van der Waals surface area contributed by atoms with Gasteiger partial charge in [-0.25, -0.2) is 4.68 Å². The Morgan fingerprint density at radius 2 is 2.10 bits per heavy atom. The van der Waals surface area contributed by atoms with Gasteiger partial charge in [0.25, 0.3) is 0 Å². The number of hydrogen-bond acceptors (Lipinski definition) is 3. The molecule has 2 aromatic rings. The molecule has 1 aromatic heterocycles. The van der Waals surface area contributed by atoms with Crippen molar-refractivity contribution in [3.63, 3.8) is 0 Å². The summed E-state index contributed by atoms with van der Waals surface area (Å²) in [5.41, 5.74) is 5.69. The van der Waals surface area contributed by atoms with Gasteiger partial charge in [-0.15, -0.1) is 0 Å². The van der Waals surface area contributed by atoms with Gasteiger partial charge in [0.1, 0.15) is 5.82 Å². The van der Waals surface area contributed by atoms with Crippen LogP contribution in [0.15, 0.2) is 30.5 Å². The Bertz CT molecular complexity index is 665. The first-order valence-corrected chi connectivity index (χ1v) is 5.95. The van der Waals surface area contributed by atoms with E-state index in [2.05, 4.69) is 5.10 Å². The fourth-order valence-electron chi connectivity index (χ4n) is 1.88. The van der Waals surface area contributed by atoms with Crippen LogP contribution in [0.4, 0.5) is 19.0 Å². The summed E-state index contributed by atoms with van der Waals surface area (Å²) in [4.78, 5) is 10.6. The molecule has 0 spiro atoms. The number of anilines is 1. The molecule has 2 rings (SSSR count). The predicted molar refractivity (Wildman–Crippen MR) is 68.5 cm³/mol. The normalized spacial score (nSPS) is 11.6. The van der Waals surface area contributed by atoms with Crippen molar-refractivity contribution in [1.29, 1.82) is 0 Å². The van der Waals surface area contributed by atoms with E-state index in [4.69, 9.17) is 10.8 Å². The highest BCUT2D eigenvalue weighted by atomic mass is 19.4. The zero-order valence-electron chi connectivity index (χ0n) is 10.8. The molecule has 8 heteroatoms. The van der Waals surface area contributed by atoms with Gasteiger partial charge in [-0.3, -0.25) is 4.79 Å². The van der Waals surface area contributed by atoms with Crippen LogP contribution in [-0.4, -0.2) is 20.9 Å². The lowest BCUT2D eigenvalue weighted by molar-refractivity contribution is -0.138. The molecule has 112 valence electrons. The van der Waals surface area contributed by atoms with Crippen LogP contribution in [-0.2, 0) is 23.9 Å². The molecule has 0 bridgehead atoms. The number of carboxylic acid groups (broad SMARTS) is 1. The van der Waals surface area contributed by atoms with Crippen LogP contribution in [0.3, 0.4) is 0 Å². The predicted octanol–water partition coefficient (Wildman–Crippen LogP) is 2.16. The summed E-state index contributed by atoms with van der Waals surface area (Å²) in [5.74, 6) is -0.921. The minimum absolute atomic E-state index is 0.0371. The Labute approximate surface area is 117 Å². The maximum atomic E-state index is 12.6. The average molecular weight is 299 g/mol. The molecule has 0 fully saturated rings. The monoisotopic (exact) mass is 299 g/mol. The third kappa shape index (κ3) is 3.53. The molecular weight excluding hydrogens is 287 g/mol. The number of nitrogens with zero attached hydrogens (tertiary/aromatic N) is 2. The van der Waals surface area contributed by atoms with E-state index >= 15 is 0 Å². The molecule has 21 heavy (non-hydrogen) atoms. The van der Waals surface area contributed by atoms with E-state index in [1.165, 1.54) is 23.0 Å². The maximum absolute atomic E-state index is 12.6. The summed E-state index contributed by atoms with van der Waals surface area (Å²) >= 11 is 0. The van der Waals surface area contributed by atoms with Gasteiger partial charge in [-0.1, -0.05) is 12.1 Å². The number of halogens is 3. The summed E-state index contributed by atoms with van der Waals surface area (Å²) in [7, 11) is 0. The first kappa shape index (κ1) is 14.9. The van der Waals surface area contributed by atoms with E-state index in [-0.39, 0.29) is 18.8 Å². The Morgan fingerprint density at radius 1 is 1.38 bits per heavy atom. The Kier molecular flexibility index (Phi) is 3.88. The van der Waals surface area contributed by atoms with Crippen molar-refractivity contribution in [1.82, 2.24) is 9.78 Å². The first-order chi connectivity index (χ1) is 9.77. The number of aromatic nitrogens is 2. The number of rotatable bonds is 4.